The molecule has 1 aliphatic rings. The van der Waals surface area contributed by atoms with Gasteiger partial charge in [0.1, 0.15) is 17.1 Å². The zero-order valence-electron chi connectivity index (χ0n) is 13.1. The van der Waals surface area contributed by atoms with E-state index in [1.54, 1.807) is 0 Å². The third kappa shape index (κ3) is 4.73. The number of carbonyl (C=O) groups excluding carboxylic acids is 3. The van der Waals surface area contributed by atoms with Crippen molar-refractivity contribution in [1.82, 2.24) is 5.43 Å². The number of benzene rings is 1. The first-order valence-corrected chi connectivity index (χ1v) is 7.05. The van der Waals surface area contributed by atoms with E-state index in [0.29, 0.717) is 0 Å². The summed E-state index contributed by atoms with van der Waals surface area (Å²) in [4.78, 5) is 44.8. The Hall–Kier alpha value is -3.50. The predicted molar refractivity (Wildman–Crippen MR) is 84.0 cm³/mol. The maximum absolute atomic E-state index is 11.8. The number of methoxy groups -OCH3 is 1. The van der Waals surface area contributed by atoms with Crippen LogP contribution in [0, 0.1) is 10.1 Å². The van der Waals surface area contributed by atoms with Crippen molar-refractivity contribution >= 4 is 34.9 Å². The minimum absolute atomic E-state index is 0.0113. The molecular weight excluding hydrogens is 336 g/mol. The SMILES string of the molecule is COc1ccc(NC(=O)COC(=O)C2=NNC(=O)CC2)c([N+](=O)[O-])c1. The van der Waals surface area contributed by atoms with Crippen LogP contribution < -0.4 is 15.5 Å². The lowest BCUT2D eigenvalue weighted by Crippen LogP contribution is -2.32. The summed E-state index contributed by atoms with van der Waals surface area (Å²) in [7, 11) is 1.35. The van der Waals surface area contributed by atoms with Crippen LogP contribution in [0.5, 0.6) is 5.75 Å². The van der Waals surface area contributed by atoms with Gasteiger partial charge in [-0.15, -0.1) is 0 Å². The summed E-state index contributed by atoms with van der Waals surface area (Å²) >= 11 is 0. The molecule has 1 aromatic carbocycles. The van der Waals surface area contributed by atoms with E-state index in [1.165, 1.54) is 19.2 Å². The molecule has 2 N–H and O–H groups in total. The van der Waals surface area contributed by atoms with Crippen LogP contribution in [0.2, 0.25) is 0 Å². The lowest BCUT2D eigenvalue weighted by molar-refractivity contribution is -0.384. The zero-order valence-corrected chi connectivity index (χ0v) is 13.1. The van der Waals surface area contributed by atoms with Crippen LogP contribution in [0.3, 0.4) is 0 Å². The lowest BCUT2D eigenvalue weighted by Gasteiger charge is -2.11. The van der Waals surface area contributed by atoms with Gasteiger partial charge in [-0.25, -0.2) is 10.2 Å². The summed E-state index contributed by atoms with van der Waals surface area (Å²) in [5.41, 5.74) is 1.70. The molecule has 0 aliphatic carbocycles. The predicted octanol–water partition coefficient (Wildman–Crippen LogP) is 0.351. The monoisotopic (exact) mass is 350 g/mol. The van der Waals surface area contributed by atoms with Crippen LogP contribution in [-0.2, 0) is 19.1 Å². The normalized spacial score (nSPS) is 13.3. The molecule has 1 aromatic rings. The van der Waals surface area contributed by atoms with E-state index in [2.05, 4.69) is 15.8 Å². The average molecular weight is 350 g/mol. The number of nitrogens with one attached hydrogen (secondary N) is 2. The van der Waals surface area contributed by atoms with Crippen molar-refractivity contribution in [3.8, 4) is 5.75 Å². The number of nitro groups is 1. The molecule has 25 heavy (non-hydrogen) atoms. The first kappa shape index (κ1) is 17.8. The summed E-state index contributed by atoms with van der Waals surface area (Å²) in [5.74, 6) is -1.67. The van der Waals surface area contributed by atoms with Gasteiger partial charge >= 0.3 is 5.97 Å². The van der Waals surface area contributed by atoms with Gasteiger partial charge in [0.2, 0.25) is 5.91 Å². The summed E-state index contributed by atoms with van der Waals surface area (Å²) in [6.07, 6.45) is 0.203. The van der Waals surface area contributed by atoms with Gasteiger partial charge < -0.3 is 14.8 Å². The van der Waals surface area contributed by atoms with Crippen molar-refractivity contribution in [3.63, 3.8) is 0 Å². The fourth-order valence-corrected chi connectivity index (χ4v) is 1.92. The summed E-state index contributed by atoms with van der Waals surface area (Å²) in [6, 6.07) is 3.90. The number of hydrogen-bond donors (Lipinski definition) is 2. The first-order chi connectivity index (χ1) is 11.9. The van der Waals surface area contributed by atoms with Gasteiger partial charge in [-0.3, -0.25) is 19.7 Å². The number of carbonyl (C=O) groups is 3. The highest BCUT2D eigenvalue weighted by molar-refractivity contribution is 6.37. The smallest absolute Gasteiger partial charge is 0.355 e. The maximum atomic E-state index is 11.8. The fourth-order valence-electron chi connectivity index (χ4n) is 1.92. The second-order valence-corrected chi connectivity index (χ2v) is 4.86. The lowest BCUT2D eigenvalue weighted by atomic mass is 10.2. The van der Waals surface area contributed by atoms with Gasteiger partial charge in [-0.05, 0) is 12.1 Å². The van der Waals surface area contributed by atoms with Gasteiger partial charge in [0.15, 0.2) is 6.61 Å². The van der Waals surface area contributed by atoms with E-state index < -0.39 is 23.4 Å². The third-order valence-electron chi connectivity index (χ3n) is 3.15. The summed E-state index contributed by atoms with van der Waals surface area (Å²) in [5, 5.41) is 16.9. The minimum Gasteiger partial charge on any atom is -0.496 e. The molecule has 1 heterocycles. The zero-order chi connectivity index (χ0) is 18.4. The van der Waals surface area contributed by atoms with Crippen LogP contribution >= 0.6 is 0 Å². The van der Waals surface area contributed by atoms with Gasteiger partial charge in [-0.1, -0.05) is 0 Å². The molecule has 1 aliphatic heterocycles. The van der Waals surface area contributed by atoms with E-state index >= 15 is 0 Å². The number of amides is 2. The molecule has 132 valence electrons. The first-order valence-electron chi connectivity index (χ1n) is 7.05. The molecule has 11 nitrogen and oxygen atoms in total. The van der Waals surface area contributed by atoms with E-state index in [-0.39, 0.29) is 41.6 Å². The van der Waals surface area contributed by atoms with Crippen molar-refractivity contribution in [2.45, 2.75) is 12.8 Å². The van der Waals surface area contributed by atoms with Crippen LogP contribution in [0.1, 0.15) is 12.8 Å². The average Bonchev–Trinajstić information content (AvgIpc) is 2.60. The van der Waals surface area contributed by atoms with Crippen LogP contribution in [0.15, 0.2) is 23.3 Å². The number of esters is 1. The topological polar surface area (TPSA) is 149 Å². The Labute approximate surface area is 141 Å². The molecule has 2 amide bonds. The Kier molecular flexibility index (Phi) is 5.61. The number of nitro benzene ring substituents is 1. The van der Waals surface area contributed by atoms with Crippen LogP contribution in [0.4, 0.5) is 11.4 Å². The third-order valence-corrected chi connectivity index (χ3v) is 3.15. The van der Waals surface area contributed by atoms with E-state index in [1.807, 2.05) is 0 Å². The minimum atomic E-state index is -0.848. The molecule has 0 radical (unpaired) electrons. The Morgan fingerprint density at radius 3 is 2.76 bits per heavy atom. The molecule has 0 fully saturated rings. The Bertz CT molecular complexity index is 760. The molecule has 0 spiro atoms. The Morgan fingerprint density at radius 1 is 1.40 bits per heavy atom. The largest absolute Gasteiger partial charge is 0.496 e. The van der Waals surface area contributed by atoms with Gasteiger partial charge in [-0.2, -0.15) is 5.10 Å². The highest BCUT2D eigenvalue weighted by atomic mass is 16.6. The van der Waals surface area contributed by atoms with Crippen LogP contribution in [0.25, 0.3) is 0 Å². The Balaban J connectivity index is 1.95. The van der Waals surface area contributed by atoms with Crippen molar-refractivity contribution < 1.29 is 28.8 Å². The van der Waals surface area contributed by atoms with Gasteiger partial charge in [0, 0.05) is 12.8 Å². The van der Waals surface area contributed by atoms with E-state index in [0.717, 1.165) is 6.07 Å². The number of ether oxygens (including phenoxy) is 2. The van der Waals surface area contributed by atoms with Crippen molar-refractivity contribution in [2.24, 2.45) is 5.10 Å². The standard InChI is InChI=1S/C14H14N4O7/c1-24-8-2-3-9(11(6-8)18(22)23)15-13(20)7-25-14(21)10-4-5-12(19)17-16-10/h2-3,6H,4-5,7H2,1H3,(H,15,20)(H,17,19). The number of hydrazone groups is 1. The molecule has 0 unspecified atom stereocenters. The second-order valence-electron chi connectivity index (χ2n) is 4.86. The highest BCUT2D eigenvalue weighted by Gasteiger charge is 2.21. The molecule has 11 heteroatoms. The summed E-state index contributed by atoms with van der Waals surface area (Å²) < 4.78 is 9.66. The van der Waals surface area contributed by atoms with Crippen molar-refractivity contribution in [1.29, 1.82) is 0 Å². The van der Waals surface area contributed by atoms with Crippen molar-refractivity contribution in [3.05, 3.63) is 28.3 Å². The van der Waals surface area contributed by atoms with E-state index in [9.17, 15) is 24.5 Å². The Morgan fingerprint density at radius 2 is 2.16 bits per heavy atom. The molecule has 0 aromatic heterocycles. The van der Waals surface area contributed by atoms with Gasteiger partial charge in [0.05, 0.1) is 18.1 Å². The fraction of sp³-hybridized carbons (Fsp3) is 0.286. The van der Waals surface area contributed by atoms with E-state index in [4.69, 9.17) is 9.47 Å². The quantitative estimate of drug-likeness (QED) is 0.427. The second kappa shape index (κ2) is 7.86. The molecule has 0 bridgehead atoms. The number of anilines is 1. The molecule has 0 saturated heterocycles. The van der Waals surface area contributed by atoms with Crippen molar-refractivity contribution in [2.75, 3.05) is 19.0 Å². The molecule has 2 rings (SSSR count). The number of rotatable bonds is 6. The highest BCUT2D eigenvalue weighted by Crippen LogP contribution is 2.28. The number of hydrogen-bond acceptors (Lipinski definition) is 8. The summed E-state index contributed by atoms with van der Waals surface area (Å²) in [6.45, 7) is -0.658. The number of nitrogens with zero attached hydrogens (tertiary/aromatic N) is 2. The maximum Gasteiger partial charge on any atom is 0.355 e. The molecule has 0 atom stereocenters. The van der Waals surface area contributed by atoms with Gasteiger partial charge in [0.25, 0.3) is 11.6 Å². The molecular formula is C14H14N4O7. The van der Waals surface area contributed by atoms with Crippen LogP contribution in [-0.4, -0.2) is 42.1 Å². The molecule has 0 saturated carbocycles.